The SMILES string of the molecule is O=C(NCc1ccnc(OC2CCOCC2)c1)NC1CC1C1CCCCC1. The van der Waals surface area contributed by atoms with Crippen LogP contribution in [-0.2, 0) is 11.3 Å². The Balaban J connectivity index is 1.19. The fourth-order valence-corrected chi connectivity index (χ4v) is 4.46. The highest BCUT2D eigenvalue weighted by atomic mass is 16.5. The molecule has 2 amide bonds. The van der Waals surface area contributed by atoms with E-state index in [9.17, 15) is 4.79 Å². The van der Waals surface area contributed by atoms with Crippen LogP contribution >= 0.6 is 0 Å². The number of nitrogens with one attached hydrogen (secondary N) is 2. The Kier molecular flexibility index (Phi) is 6.12. The third-order valence-electron chi connectivity index (χ3n) is 6.12. The normalized spacial score (nSPS) is 26.4. The zero-order chi connectivity index (χ0) is 18.5. The Labute approximate surface area is 161 Å². The minimum atomic E-state index is -0.0676. The van der Waals surface area contributed by atoms with Gasteiger partial charge in [0.15, 0.2) is 0 Å². The van der Waals surface area contributed by atoms with Crippen molar-refractivity contribution < 1.29 is 14.3 Å². The van der Waals surface area contributed by atoms with Gasteiger partial charge in [-0.2, -0.15) is 0 Å². The van der Waals surface area contributed by atoms with E-state index in [1.54, 1.807) is 6.20 Å². The zero-order valence-electron chi connectivity index (χ0n) is 16.0. The first-order valence-electron chi connectivity index (χ1n) is 10.5. The Bertz CT molecular complexity index is 627. The second-order valence-corrected chi connectivity index (χ2v) is 8.16. The highest BCUT2D eigenvalue weighted by Crippen LogP contribution is 2.44. The maximum Gasteiger partial charge on any atom is 0.315 e. The number of pyridine rings is 1. The summed E-state index contributed by atoms with van der Waals surface area (Å²) in [5.74, 6) is 2.16. The molecule has 2 atom stereocenters. The molecular formula is C21H31N3O3. The number of urea groups is 1. The molecule has 148 valence electrons. The van der Waals surface area contributed by atoms with E-state index in [0.717, 1.165) is 44.0 Å². The lowest BCUT2D eigenvalue weighted by atomic mass is 9.85. The van der Waals surface area contributed by atoms with Crippen molar-refractivity contribution in [3.05, 3.63) is 23.9 Å². The van der Waals surface area contributed by atoms with Crippen molar-refractivity contribution in [1.29, 1.82) is 0 Å². The average Bonchev–Trinajstić information content (AvgIpc) is 3.47. The van der Waals surface area contributed by atoms with Crippen LogP contribution in [0.3, 0.4) is 0 Å². The van der Waals surface area contributed by atoms with Gasteiger partial charge in [0.05, 0.1) is 13.2 Å². The smallest absolute Gasteiger partial charge is 0.315 e. The average molecular weight is 373 g/mol. The van der Waals surface area contributed by atoms with Crippen molar-refractivity contribution in [3.63, 3.8) is 0 Å². The van der Waals surface area contributed by atoms with Crippen molar-refractivity contribution in [1.82, 2.24) is 15.6 Å². The summed E-state index contributed by atoms with van der Waals surface area (Å²) in [6, 6.07) is 4.14. The second kappa shape index (κ2) is 8.91. The number of hydrogen-bond donors (Lipinski definition) is 2. The third-order valence-corrected chi connectivity index (χ3v) is 6.12. The summed E-state index contributed by atoms with van der Waals surface area (Å²) in [4.78, 5) is 16.5. The first-order valence-corrected chi connectivity index (χ1v) is 10.5. The number of amides is 2. The van der Waals surface area contributed by atoms with Gasteiger partial charge in [-0.25, -0.2) is 9.78 Å². The molecule has 2 saturated carbocycles. The molecular weight excluding hydrogens is 342 g/mol. The Hall–Kier alpha value is -1.82. The van der Waals surface area contributed by atoms with E-state index in [-0.39, 0.29) is 12.1 Å². The van der Waals surface area contributed by atoms with Crippen molar-refractivity contribution in [3.8, 4) is 5.88 Å². The number of carbonyl (C=O) groups excluding carboxylic acids is 1. The van der Waals surface area contributed by atoms with Crippen LogP contribution in [0.4, 0.5) is 4.79 Å². The predicted molar refractivity (Wildman–Crippen MR) is 103 cm³/mol. The summed E-state index contributed by atoms with van der Waals surface area (Å²) in [6.45, 7) is 1.98. The highest BCUT2D eigenvalue weighted by Gasteiger charge is 2.43. The quantitative estimate of drug-likeness (QED) is 0.802. The molecule has 4 rings (SSSR count). The lowest BCUT2D eigenvalue weighted by Crippen LogP contribution is -2.37. The summed E-state index contributed by atoms with van der Waals surface area (Å²) in [7, 11) is 0. The van der Waals surface area contributed by atoms with Crippen LogP contribution in [0.1, 0.15) is 56.9 Å². The number of nitrogens with zero attached hydrogens (tertiary/aromatic N) is 1. The van der Waals surface area contributed by atoms with Gasteiger partial charge in [0.1, 0.15) is 6.10 Å². The lowest BCUT2D eigenvalue weighted by molar-refractivity contribution is 0.0237. The molecule has 0 radical (unpaired) electrons. The summed E-state index contributed by atoms with van der Waals surface area (Å²) >= 11 is 0. The van der Waals surface area contributed by atoms with Gasteiger partial charge < -0.3 is 20.1 Å². The second-order valence-electron chi connectivity index (χ2n) is 8.16. The summed E-state index contributed by atoms with van der Waals surface area (Å²) < 4.78 is 11.3. The molecule has 1 aromatic heterocycles. The number of carbonyl (C=O) groups is 1. The Morgan fingerprint density at radius 3 is 2.81 bits per heavy atom. The van der Waals surface area contributed by atoms with Crippen molar-refractivity contribution >= 4 is 6.03 Å². The molecule has 1 saturated heterocycles. The van der Waals surface area contributed by atoms with Gasteiger partial charge in [-0.1, -0.05) is 32.1 Å². The molecule has 2 aliphatic carbocycles. The molecule has 0 spiro atoms. The molecule has 2 heterocycles. The Morgan fingerprint density at radius 2 is 2.00 bits per heavy atom. The molecule has 6 heteroatoms. The summed E-state index contributed by atoms with van der Waals surface area (Å²) in [5, 5.41) is 6.11. The summed E-state index contributed by atoms with van der Waals surface area (Å²) in [6.07, 6.45) is 11.7. The minimum absolute atomic E-state index is 0.0676. The van der Waals surface area contributed by atoms with Crippen LogP contribution in [-0.4, -0.2) is 36.4 Å². The minimum Gasteiger partial charge on any atom is -0.474 e. The molecule has 3 fully saturated rings. The fourth-order valence-electron chi connectivity index (χ4n) is 4.46. The molecule has 2 unspecified atom stereocenters. The van der Waals surface area contributed by atoms with Crippen LogP contribution in [0.25, 0.3) is 0 Å². The third kappa shape index (κ3) is 5.34. The first-order chi connectivity index (χ1) is 13.3. The van der Waals surface area contributed by atoms with E-state index in [0.29, 0.717) is 24.4 Å². The molecule has 0 aromatic carbocycles. The Morgan fingerprint density at radius 1 is 1.19 bits per heavy atom. The van der Waals surface area contributed by atoms with Gasteiger partial charge in [-0.05, 0) is 29.9 Å². The largest absolute Gasteiger partial charge is 0.474 e. The van der Waals surface area contributed by atoms with E-state index in [1.807, 2.05) is 12.1 Å². The monoisotopic (exact) mass is 373 g/mol. The standard InChI is InChI=1S/C21H31N3O3/c25-21(24-19-13-18(19)16-4-2-1-3-5-16)23-14-15-6-9-22-20(12-15)27-17-7-10-26-11-8-17/h6,9,12,16-19H,1-5,7-8,10-11,13-14H2,(H2,23,24,25). The lowest BCUT2D eigenvalue weighted by Gasteiger charge is -2.22. The van der Waals surface area contributed by atoms with E-state index in [2.05, 4.69) is 15.6 Å². The molecule has 1 aromatic rings. The van der Waals surface area contributed by atoms with Gasteiger partial charge in [0, 0.05) is 37.7 Å². The predicted octanol–water partition coefficient (Wildman–Crippen LogP) is 3.41. The van der Waals surface area contributed by atoms with Crippen molar-refractivity contribution in [2.75, 3.05) is 13.2 Å². The van der Waals surface area contributed by atoms with Crippen LogP contribution < -0.4 is 15.4 Å². The summed E-state index contributed by atoms with van der Waals surface area (Å²) in [5.41, 5.74) is 1.00. The van der Waals surface area contributed by atoms with Crippen LogP contribution in [0.15, 0.2) is 18.3 Å². The number of rotatable bonds is 6. The highest BCUT2D eigenvalue weighted by molar-refractivity contribution is 5.74. The molecule has 0 bridgehead atoms. The van der Waals surface area contributed by atoms with Gasteiger partial charge in [0.2, 0.25) is 5.88 Å². The van der Waals surface area contributed by atoms with E-state index >= 15 is 0 Å². The maximum absolute atomic E-state index is 12.2. The van der Waals surface area contributed by atoms with Gasteiger partial charge in [-0.3, -0.25) is 0 Å². The van der Waals surface area contributed by atoms with Crippen LogP contribution in [0, 0.1) is 11.8 Å². The first kappa shape index (κ1) is 18.5. The van der Waals surface area contributed by atoms with Crippen molar-refractivity contribution in [2.24, 2.45) is 11.8 Å². The maximum atomic E-state index is 12.2. The number of aromatic nitrogens is 1. The molecule has 1 aliphatic heterocycles. The number of hydrogen-bond acceptors (Lipinski definition) is 4. The van der Waals surface area contributed by atoms with Crippen molar-refractivity contribution in [2.45, 2.75) is 70.1 Å². The molecule has 6 nitrogen and oxygen atoms in total. The molecule has 2 N–H and O–H groups in total. The molecule has 27 heavy (non-hydrogen) atoms. The van der Waals surface area contributed by atoms with E-state index in [1.165, 1.54) is 32.1 Å². The van der Waals surface area contributed by atoms with Crippen LogP contribution in [0.2, 0.25) is 0 Å². The zero-order valence-corrected chi connectivity index (χ0v) is 16.0. The van der Waals surface area contributed by atoms with Gasteiger partial charge in [0.25, 0.3) is 0 Å². The fraction of sp³-hybridized carbons (Fsp3) is 0.714. The van der Waals surface area contributed by atoms with E-state index in [4.69, 9.17) is 9.47 Å². The van der Waals surface area contributed by atoms with Crippen LogP contribution in [0.5, 0.6) is 5.88 Å². The van der Waals surface area contributed by atoms with Gasteiger partial charge in [-0.15, -0.1) is 0 Å². The topological polar surface area (TPSA) is 72.5 Å². The number of ether oxygens (including phenoxy) is 2. The van der Waals surface area contributed by atoms with Gasteiger partial charge >= 0.3 is 6.03 Å². The molecule has 3 aliphatic rings. The van der Waals surface area contributed by atoms with E-state index < -0.39 is 0 Å².